The van der Waals surface area contributed by atoms with Crippen LogP contribution in [0, 0.1) is 6.92 Å². The van der Waals surface area contributed by atoms with Crippen molar-refractivity contribution >= 4 is 11.6 Å². The summed E-state index contributed by atoms with van der Waals surface area (Å²) >= 11 is 0. The molecule has 132 valence electrons. The third kappa shape index (κ3) is 10.4. The van der Waals surface area contributed by atoms with Crippen LogP contribution in [0.4, 0.5) is 11.6 Å². The molecule has 26 heavy (non-hydrogen) atoms. The Kier molecular flexibility index (Phi) is 13.5. The van der Waals surface area contributed by atoms with Crippen LogP contribution in [0.2, 0.25) is 0 Å². The van der Waals surface area contributed by atoms with Crippen LogP contribution in [0.25, 0.3) is 0 Å². The van der Waals surface area contributed by atoms with Crippen molar-refractivity contribution in [2.75, 3.05) is 11.5 Å². The molecule has 4 N–H and O–H groups in total. The second-order valence-corrected chi connectivity index (χ2v) is 5.03. The van der Waals surface area contributed by atoms with E-state index in [1.165, 1.54) is 18.2 Å². The number of rotatable bonds is 3. The fourth-order valence-electron chi connectivity index (χ4n) is 1.61. The van der Waals surface area contributed by atoms with E-state index in [2.05, 4.69) is 33.8 Å². The van der Waals surface area contributed by atoms with E-state index in [0.29, 0.717) is 11.6 Å². The van der Waals surface area contributed by atoms with E-state index in [1.807, 2.05) is 30.3 Å². The zero-order valence-corrected chi connectivity index (χ0v) is 15.5. The maximum atomic E-state index is 5.69. The van der Waals surface area contributed by atoms with Gasteiger partial charge in [-0.1, -0.05) is 43.7 Å². The Hall–Kier alpha value is -2.42. The largest absolute Gasteiger partial charge is 1.00 e. The van der Waals surface area contributed by atoms with Crippen molar-refractivity contribution < 1.29 is 18.9 Å². The molecule has 1 aromatic carbocycles. The molecule has 0 aliphatic heterocycles. The Bertz CT molecular complexity index is 693. The van der Waals surface area contributed by atoms with Gasteiger partial charge in [0, 0.05) is 31.2 Å². The Morgan fingerprint density at radius 1 is 0.923 bits per heavy atom. The summed E-state index contributed by atoms with van der Waals surface area (Å²) in [5.74, 6) is 0.971. The number of unbranched alkanes of at least 4 members (excludes halogenated alkanes) is 1. The summed E-state index contributed by atoms with van der Waals surface area (Å²) in [6.45, 7) is 5.72. The predicted octanol–water partition coefficient (Wildman–Crippen LogP) is 0.333. The molecule has 0 bridgehead atoms. The maximum absolute atomic E-state index is 5.69. The van der Waals surface area contributed by atoms with Crippen molar-refractivity contribution in [3.63, 3.8) is 0 Å². The van der Waals surface area contributed by atoms with Gasteiger partial charge in [0.2, 0.25) is 0 Å². The molecule has 7 heteroatoms. The molecule has 2 heterocycles. The summed E-state index contributed by atoms with van der Waals surface area (Å²) in [6.07, 6.45) is 10.9. The average molecular weight is 344 g/mol. The van der Waals surface area contributed by atoms with E-state index in [0.717, 1.165) is 18.5 Å². The van der Waals surface area contributed by atoms with E-state index < -0.39 is 0 Å². The monoisotopic (exact) mass is 344 g/mol. The molecule has 0 amide bonds. The van der Waals surface area contributed by atoms with Crippen molar-refractivity contribution in [3.8, 4) is 0 Å². The first-order valence-electron chi connectivity index (χ1n) is 8.07. The Morgan fingerprint density at radius 2 is 1.54 bits per heavy atom. The second kappa shape index (κ2) is 14.9. The van der Waals surface area contributed by atoms with Crippen molar-refractivity contribution in [1.82, 2.24) is 19.9 Å². The third-order valence-corrected chi connectivity index (χ3v) is 2.96. The Balaban J connectivity index is 0.000000439. The van der Waals surface area contributed by atoms with Crippen LogP contribution in [0.3, 0.4) is 0 Å². The molecule has 3 rings (SSSR count). The molecule has 0 aliphatic rings. The SMILES string of the molecule is Nc1cnccn1.Nc1nccnc1Cc1ccccc1.[CH2-]CCC.[Li+]. The first-order chi connectivity index (χ1) is 12.2. The van der Waals surface area contributed by atoms with Gasteiger partial charge in [0.25, 0.3) is 0 Å². The topological polar surface area (TPSA) is 104 Å². The van der Waals surface area contributed by atoms with Gasteiger partial charge in [0.05, 0.1) is 11.9 Å². The first kappa shape index (κ1) is 23.6. The fraction of sp³-hybridized carbons (Fsp3) is 0.211. The van der Waals surface area contributed by atoms with E-state index in [9.17, 15) is 0 Å². The number of aromatic nitrogens is 4. The van der Waals surface area contributed by atoms with Crippen LogP contribution in [0.15, 0.2) is 61.3 Å². The zero-order chi connectivity index (χ0) is 18.3. The quantitative estimate of drug-likeness (QED) is 0.524. The second-order valence-electron chi connectivity index (χ2n) is 5.03. The molecule has 0 radical (unpaired) electrons. The van der Waals surface area contributed by atoms with Gasteiger partial charge in [-0.2, -0.15) is 6.42 Å². The number of anilines is 2. The smallest absolute Gasteiger partial charge is 0.382 e. The van der Waals surface area contributed by atoms with E-state index in [1.54, 1.807) is 24.8 Å². The van der Waals surface area contributed by atoms with Crippen molar-refractivity contribution in [2.24, 2.45) is 0 Å². The number of hydrogen-bond donors (Lipinski definition) is 2. The van der Waals surface area contributed by atoms with Crippen molar-refractivity contribution in [3.05, 3.63) is 79.5 Å². The summed E-state index contributed by atoms with van der Waals surface area (Å²) in [5, 5.41) is 0. The molecule has 0 unspecified atom stereocenters. The normalized spacial score (nSPS) is 8.85. The van der Waals surface area contributed by atoms with E-state index in [-0.39, 0.29) is 18.9 Å². The van der Waals surface area contributed by atoms with Crippen LogP contribution < -0.4 is 30.3 Å². The van der Waals surface area contributed by atoms with Crippen molar-refractivity contribution in [2.45, 2.75) is 26.2 Å². The summed E-state index contributed by atoms with van der Waals surface area (Å²) in [6, 6.07) is 10.1. The van der Waals surface area contributed by atoms with Gasteiger partial charge in [-0.25, -0.2) is 9.97 Å². The van der Waals surface area contributed by atoms with Gasteiger partial charge in [0.15, 0.2) is 0 Å². The van der Waals surface area contributed by atoms with Crippen LogP contribution in [0.5, 0.6) is 0 Å². The summed E-state index contributed by atoms with van der Waals surface area (Å²) in [5.41, 5.74) is 12.9. The molecule has 0 aliphatic carbocycles. The average Bonchev–Trinajstić information content (AvgIpc) is 2.66. The Morgan fingerprint density at radius 3 is 2.00 bits per heavy atom. The molecular formula is C19H25LiN6. The molecule has 0 saturated carbocycles. The molecule has 0 saturated heterocycles. The van der Waals surface area contributed by atoms with Gasteiger partial charge >= 0.3 is 18.9 Å². The maximum Gasteiger partial charge on any atom is 1.00 e. The minimum atomic E-state index is 0. The summed E-state index contributed by atoms with van der Waals surface area (Å²) < 4.78 is 0. The minimum Gasteiger partial charge on any atom is -0.382 e. The van der Waals surface area contributed by atoms with Crippen LogP contribution in [-0.2, 0) is 6.42 Å². The summed E-state index contributed by atoms with van der Waals surface area (Å²) in [4.78, 5) is 15.6. The third-order valence-electron chi connectivity index (χ3n) is 2.96. The van der Waals surface area contributed by atoms with Crippen molar-refractivity contribution in [1.29, 1.82) is 0 Å². The number of nitrogens with zero attached hydrogens (tertiary/aromatic N) is 4. The predicted molar refractivity (Wildman–Crippen MR) is 102 cm³/mol. The van der Waals surface area contributed by atoms with Gasteiger partial charge in [0.1, 0.15) is 11.6 Å². The zero-order valence-electron chi connectivity index (χ0n) is 15.5. The number of nitrogen functional groups attached to an aromatic ring is 2. The Labute approximate surface area is 167 Å². The number of nitrogens with two attached hydrogens (primary N) is 2. The van der Waals surface area contributed by atoms with Crippen LogP contribution in [-0.4, -0.2) is 19.9 Å². The van der Waals surface area contributed by atoms with Gasteiger partial charge < -0.3 is 18.4 Å². The minimum absolute atomic E-state index is 0. The fourth-order valence-corrected chi connectivity index (χ4v) is 1.61. The molecule has 0 spiro atoms. The van der Waals surface area contributed by atoms with Gasteiger partial charge in [-0.3, -0.25) is 9.97 Å². The number of benzene rings is 1. The molecule has 0 fully saturated rings. The number of hydrogen-bond acceptors (Lipinski definition) is 6. The van der Waals surface area contributed by atoms with Gasteiger partial charge in [-0.15, -0.1) is 0 Å². The molecule has 3 aromatic rings. The molecule has 2 aromatic heterocycles. The van der Waals surface area contributed by atoms with E-state index >= 15 is 0 Å². The molecule has 0 atom stereocenters. The van der Waals surface area contributed by atoms with E-state index in [4.69, 9.17) is 11.5 Å². The molecule has 6 nitrogen and oxygen atoms in total. The van der Waals surface area contributed by atoms with Crippen LogP contribution >= 0.6 is 0 Å². The van der Waals surface area contributed by atoms with Crippen LogP contribution in [0.1, 0.15) is 31.0 Å². The summed E-state index contributed by atoms with van der Waals surface area (Å²) in [7, 11) is 0. The molecular weight excluding hydrogens is 319 g/mol. The van der Waals surface area contributed by atoms with Gasteiger partial charge in [-0.05, 0) is 5.56 Å². The standard InChI is InChI=1S/C11H11N3.C4H5N3.C4H9.Li/c12-11-10(13-6-7-14-11)8-9-4-2-1-3-5-9;5-4-3-6-1-2-7-4;1-3-4-2;/h1-7H,8H2,(H2,12,14);1-3H,(H2,5,7);1,3-4H2,2H3;/q;;-1;+1. The first-order valence-corrected chi connectivity index (χ1v) is 8.07.